The second-order valence-electron chi connectivity index (χ2n) is 6.24. The van der Waals surface area contributed by atoms with E-state index in [1.807, 2.05) is 6.92 Å². The third kappa shape index (κ3) is 3.35. The van der Waals surface area contributed by atoms with Crippen molar-refractivity contribution in [1.29, 1.82) is 0 Å². The number of rotatable bonds is 4. The van der Waals surface area contributed by atoms with Gasteiger partial charge in [0.2, 0.25) is 0 Å². The maximum absolute atomic E-state index is 4.42. The summed E-state index contributed by atoms with van der Waals surface area (Å²) in [6.07, 6.45) is 5.13. The molecule has 0 saturated heterocycles. The molecule has 5 nitrogen and oxygen atoms in total. The summed E-state index contributed by atoms with van der Waals surface area (Å²) in [6.45, 7) is 8.58. The van der Waals surface area contributed by atoms with E-state index in [0.29, 0.717) is 6.04 Å². The van der Waals surface area contributed by atoms with Gasteiger partial charge in [-0.05, 0) is 39.5 Å². The highest BCUT2D eigenvalue weighted by Gasteiger charge is 2.26. The smallest absolute Gasteiger partial charge is 0.192 e. The van der Waals surface area contributed by atoms with Crippen LogP contribution in [0.25, 0.3) is 0 Å². The van der Waals surface area contributed by atoms with E-state index in [1.54, 1.807) is 23.1 Å². The maximum Gasteiger partial charge on any atom is 0.192 e. The Morgan fingerprint density at radius 3 is 2.68 bits per heavy atom. The number of hydrogen-bond acceptors (Lipinski definition) is 6. The lowest BCUT2D eigenvalue weighted by Gasteiger charge is -2.29. The second kappa shape index (κ2) is 6.66. The summed E-state index contributed by atoms with van der Waals surface area (Å²) < 4.78 is 2.35. The van der Waals surface area contributed by atoms with Gasteiger partial charge in [0.15, 0.2) is 5.16 Å². The van der Waals surface area contributed by atoms with Crippen molar-refractivity contribution in [2.24, 2.45) is 5.92 Å². The van der Waals surface area contributed by atoms with Crippen molar-refractivity contribution in [2.75, 3.05) is 0 Å². The number of thioether (sulfide) groups is 1. The molecule has 0 bridgehead atoms. The van der Waals surface area contributed by atoms with Gasteiger partial charge in [-0.2, -0.15) is 0 Å². The van der Waals surface area contributed by atoms with Crippen molar-refractivity contribution in [3.05, 3.63) is 15.8 Å². The minimum Gasteiger partial charge on any atom is -0.303 e. The minimum absolute atomic E-state index is 0.259. The fourth-order valence-corrected chi connectivity index (χ4v) is 5.04. The molecule has 1 saturated carbocycles. The van der Waals surface area contributed by atoms with Gasteiger partial charge in [-0.15, -0.1) is 31.7 Å². The van der Waals surface area contributed by atoms with Gasteiger partial charge in [0.1, 0.15) is 15.8 Å². The first-order valence-electron chi connectivity index (χ1n) is 7.92. The van der Waals surface area contributed by atoms with E-state index in [9.17, 15) is 0 Å². The van der Waals surface area contributed by atoms with Crippen molar-refractivity contribution in [3.8, 4) is 0 Å². The molecule has 7 heteroatoms. The van der Waals surface area contributed by atoms with Gasteiger partial charge in [-0.3, -0.25) is 0 Å². The van der Waals surface area contributed by atoms with E-state index in [1.165, 1.54) is 25.7 Å². The van der Waals surface area contributed by atoms with Gasteiger partial charge in [-0.25, -0.2) is 0 Å². The quantitative estimate of drug-likeness (QED) is 0.776. The second-order valence-corrected chi connectivity index (χ2v) is 8.77. The summed E-state index contributed by atoms with van der Waals surface area (Å²) in [7, 11) is 0. The predicted molar refractivity (Wildman–Crippen MR) is 90.3 cm³/mol. The summed E-state index contributed by atoms with van der Waals surface area (Å²) >= 11 is 3.41. The fourth-order valence-electron chi connectivity index (χ4n) is 3.17. The van der Waals surface area contributed by atoms with Crippen LogP contribution in [-0.2, 0) is 0 Å². The number of aryl methyl sites for hydroxylation is 2. The average molecular weight is 338 g/mol. The predicted octanol–water partition coefficient (Wildman–Crippen LogP) is 4.35. The van der Waals surface area contributed by atoms with Gasteiger partial charge in [0, 0.05) is 6.04 Å². The molecule has 0 unspecified atom stereocenters. The van der Waals surface area contributed by atoms with Crippen LogP contribution in [0.5, 0.6) is 0 Å². The Balaban J connectivity index is 1.79. The number of hydrogen-bond donors (Lipinski definition) is 0. The molecule has 1 aliphatic rings. The van der Waals surface area contributed by atoms with Crippen molar-refractivity contribution in [2.45, 2.75) is 69.8 Å². The van der Waals surface area contributed by atoms with Crippen LogP contribution in [0.4, 0.5) is 0 Å². The van der Waals surface area contributed by atoms with Crippen LogP contribution >= 0.6 is 23.1 Å². The van der Waals surface area contributed by atoms with Crippen LogP contribution in [0.15, 0.2) is 5.16 Å². The summed E-state index contributed by atoms with van der Waals surface area (Å²) in [4.78, 5) is 0. The summed E-state index contributed by atoms with van der Waals surface area (Å²) in [6, 6.07) is 0.546. The Bertz CT molecular complexity index is 636. The topological polar surface area (TPSA) is 56.5 Å². The lowest BCUT2D eigenvalue weighted by molar-refractivity contribution is 0.268. The first-order valence-corrected chi connectivity index (χ1v) is 9.62. The van der Waals surface area contributed by atoms with Crippen molar-refractivity contribution < 1.29 is 0 Å². The average Bonchev–Trinajstić information content (AvgIpc) is 3.05. The van der Waals surface area contributed by atoms with Crippen LogP contribution in [0.3, 0.4) is 0 Å². The zero-order chi connectivity index (χ0) is 15.7. The van der Waals surface area contributed by atoms with E-state index in [0.717, 1.165) is 26.9 Å². The highest BCUT2D eigenvalue weighted by molar-refractivity contribution is 7.99. The molecular formula is C15H23N5S2. The highest BCUT2D eigenvalue weighted by Crippen LogP contribution is 2.39. The van der Waals surface area contributed by atoms with E-state index >= 15 is 0 Å². The molecule has 120 valence electrons. The summed E-state index contributed by atoms with van der Waals surface area (Å²) in [5.41, 5.74) is 0. The first-order chi connectivity index (χ1) is 10.5. The van der Waals surface area contributed by atoms with Crippen LogP contribution in [0.2, 0.25) is 0 Å². The van der Waals surface area contributed by atoms with E-state index in [4.69, 9.17) is 0 Å². The zero-order valence-electron chi connectivity index (χ0n) is 13.6. The van der Waals surface area contributed by atoms with Crippen LogP contribution in [-0.4, -0.2) is 25.0 Å². The monoisotopic (exact) mass is 337 g/mol. The molecular weight excluding hydrogens is 314 g/mol. The maximum atomic E-state index is 4.42. The molecule has 0 spiro atoms. The molecule has 2 heterocycles. The molecule has 2 aromatic rings. The molecule has 0 radical (unpaired) electrons. The van der Waals surface area contributed by atoms with Crippen LogP contribution in [0, 0.1) is 19.8 Å². The van der Waals surface area contributed by atoms with Crippen molar-refractivity contribution in [3.63, 3.8) is 0 Å². The van der Waals surface area contributed by atoms with Gasteiger partial charge in [0.25, 0.3) is 0 Å². The van der Waals surface area contributed by atoms with Crippen LogP contribution < -0.4 is 0 Å². The Morgan fingerprint density at radius 1 is 1.18 bits per heavy atom. The Labute approximate surface area is 139 Å². The molecule has 0 aliphatic heterocycles. The normalized spacial score (nSPS) is 23.6. The fraction of sp³-hybridized carbons (Fsp3) is 0.733. The Kier molecular flexibility index (Phi) is 4.82. The molecule has 0 aromatic carbocycles. The molecule has 1 fully saturated rings. The molecule has 22 heavy (non-hydrogen) atoms. The molecule has 2 aromatic heterocycles. The SMILES string of the molecule is Cc1nnc([C@H](C)Sc2nnc(C)n2[C@H]2CCC[C@@H](C)C2)s1. The van der Waals surface area contributed by atoms with E-state index in [-0.39, 0.29) is 5.25 Å². The van der Waals surface area contributed by atoms with E-state index < -0.39 is 0 Å². The minimum atomic E-state index is 0.259. The van der Waals surface area contributed by atoms with Crippen molar-refractivity contribution >= 4 is 23.1 Å². The largest absolute Gasteiger partial charge is 0.303 e. The molecule has 3 rings (SSSR count). The number of nitrogens with zero attached hydrogens (tertiary/aromatic N) is 5. The molecule has 3 atom stereocenters. The Morgan fingerprint density at radius 2 is 2.00 bits per heavy atom. The summed E-state index contributed by atoms with van der Waals surface area (Å²) in [5.74, 6) is 1.82. The standard InChI is InChI=1S/C15H23N5S2/c1-9-6-5-7-13(8-9)20-11(3)16-19-15(20)21-10(2)14-18-17-12(4)22-14/h9-10,13H,5-8H2,1-4H3/t9-,10+,13+/m1/s1. The van der Waals surface area contributed by atoms with Gasteiger partial charge in [0.05, 0.1) is 5.25 Å². The lowest BCUT2D eigenvalue weighted by Crippen LogP contribution is -2.19. The van der Waals surface area contributed by atoms with Crippen LogP contribution in [0.1, 0.15) is 66.7 Å². The van der Waals surface area contributed by atoms with Gasteiger partial charge >= 0.3 is 0 Å². The first kappa shape index (κ1) is 15.9. The highest BCUT2D eigenvalue weighted by atomic mass is 32.2. The Hall–Kier alpha value is -0.950. The zero-order valence-corrected chi connectivity index (χ0v) is 15.2. The van der Waals surface area contributed by atoms with Gasteiger partial charge < -0.3 is 4.57 Å². The molecule has 1 aliphatic carbocycles. The molecule has 0 N–H and O–H groups in total. The number of aromatic nitrogens is 5. The van der Waals surface area contributed by atoms with Gasteiger partial charge in [-0.1, -0.05) is 31.5 Å². The third-order valence-corrected chi connectivity index (χ3v) is 6.52. The van der Waals surface area contributed by atoms with Crippen molar-refractivity contribution in [1.82, 2.24) is 25.0 Å². The third-order valence-electron chi connectivity index (χ3n) is 4.28. The summed E-state index contributed by atoms with van der Waals surface area (Å²) in [5, 5.41) is 20.5. The van der Waals surface area contributed by atoms with E-state index in [2.05, 4.69) is 45.7 Å². The molecule has 0 amide bonds. The lowest BCUT2D eigenvalue weighted by atomic mass is 9.87.